The van der Waals surface area contributed by atoms with Crippen LogP contribution in [0, 0.1) is 5.92 Å². The Balaban J connectivity index is 3.06. The summed E-state index contributed by atoms with van der Waals surface area (Å²) in [6.07, 6.45) is 0. The van der Waals surface area contributed by atoms with Crippen LogP contribution in [-0.4, -0.2) is 40.0 Å². The van der Waals surface area contributed by atoms with Crippen LogP contribution in [-0.2, 0) is 4.74 Å². The van der Waals surface area contributed by atoms with E-state index in [0.29, 0.717) is 19.1 Å². The first-order valence-electron chi connectivity index (χ1n) is 6.58. The molecule has 0 amide bonds. The first kappa shape index (κ1) is 15.8. The van der Waals surface area contributed by atoms with E-state index in [2.05, 4.69) is 25.8 Å². The van der Waals surface area contributed by atoms with E-state index in [9.17, 15) is 0 Å². The second-order valence-corrected chi connectivity index (χ2v) is 5.15. The molecule has 0 saturated carbocycles. The van der Waals surface area contributed by atoms with Crippen molar-refractivity contribution in [2.75, 3.05) is 39.3 Å². The van der Waals surface area contributed by atoms with E-state index in [1.165, 1.54) is 0 Å². The maximum absolute atomic E-state index is 6.04. The van der Waals surface area contributed by atoms with E-state index in [4.69, 9.17) is 15.2 Å². The smallest absolute Gasteiger partial charge is 0.119 e. The summed E-state index contributed by atoms with van der Waals surface area (Å²) in [5.74, 6) is 1.23. The predicted molar refractivity (Wildman–Crippen MR) is 79.9 cm³/mol. The Labute approximate surface area is 116 Å². The minimum atomic E-state index is -0.205. The molecule has 0 aliphatic carbocycles. The van der Waals surface area contributed by atoms with Crippen LogP contribution in [0.25, 0.3) is 0 Å². The van der Waals surface area contributed by atoms with E-state index < -0.39 is 0 Å². The van der Waals surface area contributed by atoms with Crippen LogP contribution in [0.15, 0.2) is 24.3 Å². The number of likely N-dealkylation sites (N-methyl/N-ethyl adjacent to an activating group) is 1. The lowest BCUT2D eigenvalue weighted by Crippen LogP contribution is -2.59. The summed E-state index contributed by atoms with van der Waals surface area (Å²) in [7, 11) is 5.45. The molecule has 2 N–H and O–H groups in total. The Bertz CT molecular complexity index is 378. The summed E-state index contributed by atoms with van der Waals surface area (Å²) in [6, 6.07) is 8.00. The fraction of sp³-hybridized carbons (Fsp3) is 0.600. The average molecular weight is 266 g/mol. The average Bonchev–Trinajstić information content (AvgIpc) is 2.44. The highest BCUT2D eigenvalue weighted by Gasteiger charge is 2.37. The summed E-state index contributed by atoms with van der Waals surface area (Å²) < 4.78 is 10.6. The van der Waals surface area contributed by atoms with Gasteiger partial charge in [-0.05, 0) is 30.2 Å². The zero-order valence-electron chi connectivity index (χ0n) is 12.6. The molecular weight excluding hydrogens is 240 g/mol. The highest BCUT2D eigenvalue weighted by Crippen LogP contribution is 2.30. The molecule has 1 aromatic rings. The van der Waals surface area contributed by atoms with Crippen LogP contribution in [0.4, 0.5) is 5.69 Å². The first-order chi connectivity index (χ1) is 9.01. The molecule has 1 unspecified atom stereocenters. The fourth-order valence-electron chi connectivity index (χ4n) is 2.40. The lowest BCUT2D eigenvalue weighted by atomic mass is 9.85. The summed E-state index contributed by atoms with van der Waals surface area (Å²) in [5.41, 5.74) is 6.95. The van der Waals surface area contributed by atoms with Crippen molar-refractivity contribution in [1.29, 1.82) is 0 Å². The number of hydrogen-bond acceptors (Lipinski definition) is 4. The van der Waals surface area contributed by atoms with E-state index in [-0.39, 0.29) is 5.54 Å². The van der Waals surface area contributed by atoms with Crippen molar-refractivity contribution in [3.8, 4) is 5.75 Å². The van der Waals surface area contributed by atoms with Gasteiger partial charge in [0.25, 0.3) is 0 Å². The Hall–Kier alpha value is -1.26. The predicted octanol–water partition coefficient (Wildman–Crippen LogP) is 2.13. The minimum absolute atomic E-state index is 0.205. The number of nitrogens with two attached hydrogens (primary N) is 1. The van der Waals surface area contributed by atoms with Crippen LogP contribution in [0.5, 0.6) is 5.75 Å². The van der Waals surface area contributed by atoms with Crippen molar-refractivity contribution in [3.63, 3.8) is 0 Å². The van der Waals surface area contributed by atoms with Crippen molar-refractivity contribution < 1.29 is 9.47 Å². The molecule has 0 saturated heterocycles. The Morgan fingerprint density at radius 3 is 2.16 bits per heavy atom. The van der Waals surface area contributed by atoms with E-state index in [1.807, 2.05) is 24.3 Å². The molecule has 4 heteroatoms. The summed E-state index contributed by atoms with van der Waals surface area (Å²) in [4.78, 5) is 2.21. The van der Waals surface area contributed by atoms with Gasteiger partial charge in [-0.2, -0.15) is 0 Å². The topological polar surface area (TPSA) is 47.7 Å². The van der Waals surface area contributed by atoms with Gasteiger partial charge in [0.1, 0.15) is 5.75 Å². The van der Waals surface area contributed by atoms with Crippen LogP contribution in [0.3, 0.4) is 0 Å². The van der Waals surface area contributed by atoms with Gasteiger partial charge in [0.05, 0.1) is 19.3 Å². The summed E-state index contributed by atoms with van der Waals surface area (Å²) in [5, 5.41) is 0. The SMILES string of the molecule is COCC(CN)(C(C)C)N(C)c1ccc(OC)cc1. The monoisotopic (exact) mass is 266 g/mol. The summed E-state index contributed by atoms with van der Waals surface area (Å²) in [6.45, 7) is 5.49. The van der Waals surface area contributed by atoms with Crippen LogP contribution in [0.1, 0.15) is 13.8 Å². The maximum Gasteiger partial charge on any atom is 0.119 e. The molecule has 108 valence electrons. The molecule has 1 aromatic carbocycles. The van der Waals surface area contributed by atoms with Crippen molar-refractivity contribution in [3.05, 3.63) is 24.3 Å². The second kappa shape index (κ2) is 6.78. The summed E-state index contributed by atoms with van der Waals surface area (Å²) >= 11 is 0. The zero-order chi connectivity index (χ0) is 14.5. The molecule has 0 fully saturated rings. The lowest BCUT2D eigenvalue weighted by Gasteiger charge is -2.45. The highest BCUT2D eigenvalue weighted by atomic mass is 16.5. The molecule has 1 atom stereocenters. The molecule has 0 heterocycles. The number of rotatable bonds is 7. The first-order valence-corrected chi connectivity index (χ1v) is 6.58. The molecule has 0 aliphatic rings. The van der Waals surface area contributed by atoms with E-state index >= 15 is 0 Å². The van der Waals surface area contributed by atoms with Crippen molar-refractivity contribution >= 4 is 5.69 Å². The number of nitrogens with zero attached hydrogens (tertiary/aromatic N) is 1. The third-order valence-electron chi connectivity index (χ3n) is 3.95. The zero-order valence-corrected chi connectivity index (χ0v) is 12.6. The molecule has 19 heavy (non-hydrogen) atoms. The minimum Gasteiger partial charge on any atom is -0.497 e. The van der Waals surface area contributed by atoms with Gasteiger partial charge in [0, 0.05) is 26.4 Å². The van der Waals surface area contributed by atoms with Gasteiger partial charge in [-0.1, -0.05) is 13.8 Å². The van der Waals surface area contributed by atoms with Crippen LogP contribution < -0.4 is 15.4 Å². The number of hydrogen-bond donors (Lipinski definition) is 1. The van der Waals surface area contributed by atoms with Gasteiger partial charge >= 0.3 is 0 Å². The molecule has 0 spiro atoms. The van der Waals surface area contributed by atoms with Crippen molar-refractivity contribution in [2.45, 2.75) is 19.4 Å². The quantitative estimate of drug-likeness (QED) is 0.821. The third kappa shape index (κ3) is 3.19. The molecule has 0 radical (unpaired) electrons. The normalized spacial score (nSPS) is 14.3. The highest BCUT2D eigenvalue weighted by molar-refractivity contribution is 5.51. The molecule has 4 nitrogen and oxygen atoms in total. The van der Waals surface area contributed by atoms with Gasteiger partial charge in [0.2, 0.25) is 0 Å². The number of anilines is 1. The van der Waals surface area contributed by atoms with Gasteiger partial charge in [-0.25, -0.2) is 0 Å². The second-order valence-electron chi connectivity index (χ2n) is 5.15. The molecular formula is C15H26N2O2. The van der Waals surface area contributed by atoms with E-state index in [0.717, 1.165) is 11.4 Å². The fourth-order valence-corrected chi connectivity index (χ4v) is 2.40. The maximum atomic E-state index is 6.04. The van der Waals surface area contributed by atoms with Crippen LogP contribution in [0.2, 0.25) is 0 Å². The Kier molecular flexibility index (Phi) is 5.63. The number of benzene rings is 1. The van der Waals surface area contributed by atoms with Gasteiger partial charge in [0.15, 0.2) is 0 Å². The molecule has 0 aromatic heterocycles. The van der Waals surface area contributed by atoms with Gasteiger partial charge < -0.3 is 20.1 Å². The number of ether oxygens (including phenoxy) is 2. The number of methoxy groups -OCH3 is 2. The van der Waals surface area contributed by atoms with E-state index in [1.54, 1.807) is 14.2 Å². The Morgan fingerprint density at radius 1 is 1.21 bits per heavy atom. The lowest BCUT2D eigenvalue weighted by molar-refractivity contribution is 0.106. The molecule has 0 aliphatic heterocycles. The van der Waals surface area contributed by atoms with Crippen molar-refractivity contribution in [1.82, 2.24) is 0 Å². The largest absolute Gasteiger partial charge is 0.497 e. The van der Waals surface area contributed by atoms with Gasteiger partial charge in [-0.3, -0.25) is 0 Å². The third-order valence-corrected chi connectivity index (χ3v) is 3.95. The van der Waals surface area contributed by atoms with Crippen molar-refractivity contribution in [2.24, 2.45) is 11.7 Å². The molecule has 1 rings (SSSR count). The molecule has 0 bridgehead atoms. The van der Waals surface area contributed by atoms with Gasteiger partial charge in [-0.15, -0.1) is 0 Å². The standard InChI is InChI=1S/C15H26N2O2/c1-12(2)15(10-16,11-18-4)17(3)13-6-8-14(19-5)9-7-13/h6-9,12H,10-11,16H2,1-5H3. The Morgan fingerprint density at radius 2 is 1.79 bits per heavy atom. The van der Waals surface area contributed by atoms with Crippen LogP contribution >= 0.6 is 0 Å².